The number of hydrogen-bond acceptors (Lipinski definition) is 4. The number of oxime groups is 1. The van der Waals surface area contributed by atoms with E-state index in [9.17, 15) is 4.79 Å². The van der Waals surface area contributed by atoms with E-state index in [4.69, 9.17) is 9.57 Å². The van der Waals surface area contributed by atoms with E-state index in [-0.39, 0.29) is 12.2 Å². The number of fused-ring (bicyclic) bond motifs is 1. The van der Waals surface area contributed by atoms with Gasteiger partial charge >= 0.3 is 0 Å². The van der Waals surface area contributed by atoms with Crippen LogP contribution in [0.2, 0.25) is 0 Å². The zero-order valence-electron chi connectivity index (χ0n) is 14.6. The lowest BCUT2D eigenvalue weighted by molar-refractivity contribution is 0.176. The average molecular weight is 348 g/mol. The minimum Gasteiger partial charge on any atom is -0.495 e. The van der Waals surface area contributed by atoms with Crippen LogP contribution in [-0.2, 0) is 11.4 Å². The molecule has 2 aromatic carbocycles. The molecule has 0 aliphatic heterocycles. The molecule has 1 aromatic heterocycles. The van der Waals surface area contributed by atoms with E-state index < -0.39 is 0 Å². The van der Waals surface area contributed by atoms with E-state index in [1.165, 1.54) is 6.21 Å². The summed E-state index contributed by atoms with van der Waals surface area (Å²) in [4.78, 5) is 18.2. The van der Waals surface area contributed by atoms with Crippen LogP contribution in [0.15, 0.2) is 77.2 Å². The standard InChI is InChI=1S/C21H20N2O3/c1-3-13-26-22-14-18-20(25-2)17-11-7-8-12-19(17)23(21(18)24)15-16-9-5-4-6-10-16/h3-12,14H,1,13,15H2,2H3. The van der Waals surface area contributed by atoms with Gasteiger partial charge < -0.3 is 14.1 Å². The number of aromatic nitrogens is 1. The van der Waals surface area contributed by atoms with Gasteiger partial charge in [0.1, 0.15) is 17.9 Å². The van der Waals surface area contributed by atoms with E-state index >= 15 is 0 Å². The van der Waals surface area contributed by atoms with Crippen molar-refractivity contribution in [3.63, 3.8) is 0 Å². The average Bonchev–Trinajstić information content (AvgIpc) is 2.69. The monoisotopic (exact) mass is 348 g/mol. The van der Waals surface area contributed by atoms with Crippen LogP contribution in [0.25, 0.3) is 10.9 Å². The first-order valence-electron chi connectivity index (χ1n) is 8.26. The summed E-state index contributed by atoms with van der Waals surface area (Å²) in [6, 6.07) is 17.5. The third-order valence-electron chi connectivity index (χ3n) is 4.00. The molecule has 26 heavy (non-hydrogen) atoms. The second-order valence-corrected chi connectivity index (χ2v) is 5.66. The number of rotatable bonds is 7. The van der Waals surface area contributed by atoms with Crippen LogP contribution in [0.1, 0.15) is 11.1 Å². The van der Waals surface area contributed by atoms with Crippen molar-refractivity contribution in [3.05, 3.63) is 88.7 Å². The smallest absolute Gasteiger partial charge is 0.264 e. The normalized spacial score (nSPS) is 11.0. The van der Waals surface area contributed by atoms with Crippen LogP contribution in [0, 0.1) is 0 Å². The SMILES string of the molecule is C=CCON=Cc1c(OC)c2ccccc2n(Cc2ccccc2)c1=O. The van der Waals surface area contributed by atoms with Crippen molar-refractivity contribution >= 4 is 17.1 Å². The van der Waals surface area contributed by atoms with Crippen LogP contribution in [0.3, 0.4) is 0 Å². The lowest BCUT2D eigenvalue weighted by Crippen LogP contribution is -2.25. The molecule has 0 radical (unpaired) electrons. The first-order valence-corrected chi connectivity index (χ1v) is 8.26. The molecule has 0 N–H and O–H groups in total. The van der Waals surface area contributed by atoms with Gasteiger partial charge in [0, 0.05) is 5.39 Å². The van der Waals surface area contributed by atoms with Gasteiger partial charge in [-0.05, 0) is 17.7 Å². The predicted molar refractivity (Wildman–Crippen MR) is 104 cm³/mol. The second kappa shape index (κ2) is 8.16. The van der Waals surface area contributed by atoms with Gasteiger partial charge in [-0.1, -0.05) is 60.3 Å². The number of para-hydroxylation sites is 1. The maximum absolute atomic E-state index is 13.1. The first kappa shape index (κ1) is 17.5. The zero-order valence-corrected chi connectivity index (χ0v) is 14.6. The van der Waals surface area contributed by atoms with Gasteiger partial charge in [-0.15, -0.1) is 0 Å². The summed E-state index contributed by atoms with van der Waals surface area (Å²) in [5.41, 5.74) is 2.01. The Morgan fingerprint density at radius 3 is 2.58 bits per heavy atom. The van der Waals surface area contributed by atoms with Gasteiger partial charge in [0.15, 0.2) is 0 Å². The van der Waals surface area contributed by atoms with Gasteiger partial charge in [0.2, 0.25) is 0 Å². The van der Waals surface area contributed by atoms with Crippen molar-refractivity contribution in [2.45, 2.75) is 6.54 Å². The Balaban J connectivity index is 2.19. The molecule has 0 bridgehead atoms. The van der Waals surface area contributed by atoms with E-state index in [1.54, 1.807) is 17.8 Å². The minimum atomic E-state index is -0.185. The number of nitrogens with zero attached hydrogens (tertiary/aromatic N) is 2. The molecule has 0 unspecified atom stereocenters. The Hall–Kier alpha value is -3.34. The van der Waals surface area contributed by atoms with E-state index in [0.717, 1.165) is 16.5 Å². The molecule has 0 aliphatic carbocycles. The van der Waals surface area contributed by atoms with Crippen molar-refractivity contribution in [1.29, 1.82) is 0 Å². The molecule has 5 nitrogen and oxygen atoms in total. The van der Waals surface area contributed by atoms with Crippen molar-refractivity contribution in [2.24, 2.45) is 5.16 Å². The molecule has 0 saturated carbocycles. The number of hydrogen-bond donors (Lipinski definition) is 0. The summed E-state index contributed by atoms with van der Waals surface area (Å²) in [6.45, 7) is 4.29. The molecule has 0 amide bonds. The highest BCUT2D eigenvalue weighted by Gasteiger charge is 2.16. The van der Waals surface area contributed by atoms with Gasteiger partial charge in [0.05, 0.1) is 25.4 Å². The molecule has 0 saturated heterocycles. The third-order valence-corrected chi connectivity index (χ3v) is 4.00. The maximum Gasteiger partial charge on any atom is 0.264 e. The highest BCUT2D eigenvalue weighted by atomic mass is 16.6. The molecule has 0 atom stereocenters. The molecule has 1 heterocycles. The number of methoxy groups -OCH3 is 1. The molecule has 3 aromatic rings. The highest BCUT2D eigenvalue weighted by molar-refractivity contribution is 5.95. The van der Waals surface area contributed by atoms with Crippen molar-refractivity contribution in [2.75, 3.05) is 13.7 Å². The quantitative estimate of drug-likeness (QED) is 0.284. The topological polar surface area (TPSA) is 52.8 Å². The van der Waals surface area contributed by atoms with Crippen molar-refractivity contribution < 1.29 is 9.57 Å². The minimum absolute atomic E-state index is 0.185. The van der Waals surface area contributed by atoms with E-state index in [0.29, 0.717) is 17.9 Å². The summed E-state index contributed by atoms with van der Waals surface area (Å²) in [7, 11) is 1.55. The second-order valence-electron chi connectivity index (χ2n) is 5.66. The third kappa shape index (κ3) is 3.52. The molecule has 3 rings (SSSR count). The fourth-order valence-electron chi connectivity index (χ4n) is 2.84. The Morgan fingerprint density at radius 2 is 1.85 bits per heavy atom. The Kier molecular flexibility index (Phi) is 5.49. The molecule has 0 fully saturated rings. The van der Waals surface area contributed by atoms with Crippen molar-refractivity contribution in [3.8, 4) is 5.75 Å². The number of pyridine rings is 1. The molecule has 0 spiro atoms. The number of ether oxygens (including phenoxy) is 1. The fraction of sp³-hybridized carbons (Fsp3) is 0.143. The van der Waals surface area contributed by atoms with Crippen LogP contribution >= 0.6 is 0 Å². The van der Waals surface area contributed by atoms with Gasteiger partial charge in [0.25, 0.3) is 5.56 Å². The Morgan fingerprint density at radius 1 is 1.12 bits per heavy atom. The van der Waals surface area contributed by atoms with E-state index in [2.05, 4.69) is 11.7 Å². The highest BCUT2D eigenvalue weighted by Crippen LogP contribution is 2.27. The molecule has 0 aliphatic rings. The predicted octanol–water partition coefficient (Wildman–Crippen LogP) is 3.59. The van der Waals surface area contributed by atoms with Gasteiger partial charge in [-0.3, -0.25) is 4.79 Å². The maximum atomic E-state index is 13.1. The molecular formula is C21H20N2O3. The summed E-state index contributed by atoms with van der Waals surface area (Å²) in [5, 5.41) is 4.71. The van der Waals surface area contributed by atoms with Gasteiger partial charge in [-0.2, -0.15) is 0 Å². The van der Waals surface area contributed by atoms with Crippen LogP contribution in [-0.4, -0.2) is 24.5 Å². The fourth-order valence-corrected chi connectivity index (χ4v) is 2.84. The largest absolute Gasteiger partial charge is 0.495 e. The summed E-state index contributed by atoms with van der Waals surface area (Å²) in [6.07, 6.45) is 2.99. The van der Waals surface area contributed by atoms with E-state index in [1.807, 2.05) is 54.6 Å². The van der Waals surface area contributed by atoms with Crippen LogP contribution < -0.4 is 10.3 Å². The lowest BCUT2D eigenvalue weighted by Gasteiger charge is -2.15. The van der Waals surface area contributed by atoms with Crippen LogP contribution in [0.4, 0.5) is 0 Å². The number of benzene rings is 2. The lowest BCUT2D eigenvalue weighted by atomic mass is 10.1. The van der Waals surface area contributed by atoms with Crippen molar-refractivity contribution in [1.82, 2.24) is 4.57 Å². The summed E-state index contributed by atoms with van der Waals surface area (Å²) in [5.74, 6) is 0.487. The first-order chi connectivity index (χ1) is 12.8. The molecular weight excluding hydrogens is 328 g/mol. The van der Waals surface area contributed by atoms with Crippen LogP contribution in [0.5, 0.6) is 5.75 Å². The van der Waals surface area contributed by atoms with Gasteiger partial charge in [-0.25, -0.2) is 0 Å². The molecule has 132 valence electrons. The molecule has 5 heteroatoms. The zero-order chi connectivity index (χ0) is 18.4. The summed E-state index contributed by atoms with van der Waals surface area (Å²) >= 11 is 0. The Labute approximate surface area is 151 Å². The summed E-state index contributed by atoms with van der Waals surface area (Å²) < 4.78 is 7.25. The Bertz CT molecular complexity index is 991.